The van der Waals surface area contributed by atoms with E-state index in [1.54, 1.807) is 0 Å². The van der Waals surface area contributed by atoms with Gasteiger partial charge in [0.2, 0.25) is 0 Å². The fraction of sp³-hybridized carbons (Fsp3) is 0.533. The van der Waals surface area contributed by atoms with E-state index in [2.05, 4.69) is 33.2 Å². The van der Waals surface area contributed by atoms with Crippen molar-refractivity contribution in [1.82, 2.24) is 10.2 Å². The van der Waals surface area contributed by atoms with Crippen LogP contribution in [0.2, 0.25) is 0 Å². The lowest BCUT2D eigenvalue weighted by Gasteiger charge is -2.23. The zero-order valence-electron chi connectivity index (χ0n) is 12.2. The molecular formula is C15H21BrFN3O. The van der Waals surface area contributed by atoms with Crippen molar-refractivity contribution in [3.05, 3.63) is 28.0 Å². The van der Waals surface area contributed by atoms with Gasteiger partial charge in [0.15, 0.2) is 0 Å². The molecule has 1 aliphatic carbocycles. The molecule has 1 amide bonds. The SMILES string of the molecule is CN(CCNC(=O)c1cc(N)c(F)cc1Br)C1CCCC1. The first-order chi connectivity index (χ1) is 9.99. The Balaban J connectivity index is 1.85. The molecule has 116 valence electrons. The van der Waals surface area contributed by atoms with E-state index < -0.39 is 5.82 Å². The highest BCUT2D eigenvalue weighted by molar-refractivity contribution is 9.10. The van der Waals surface area contributed by atoms with Crippen LogP contribution in [0.1, 0.15) is 36.0 Å². The van der Waals surface area contributed by atoms with Crippen LogP contribution in [0.25, 0.3) is 0 Å². The molecule has 1 saturated carbocycles. The van der Waals surface area contributed by atoms with E-state index in [0.29, 0.717) is 22.6 Å². The van der Waals surface area contributed by atoms with Crippen LogP contribution in [-0.2, 0) is 0 Å². The number of nitrogen functional groups attached to an aromatic ring is 1. The van der Waals surface area contributed by atoms with Gasteiger partial charge in [-0.3, -0.25) is 4.79 Å². The average molecular weight is 358 g/mol. The molecule has 0 unspecified atom stereocenters. The molecular weight excluding hydrogens is 337 g/mol. The lowest BCUT2D eigenvalue weighted by molar-refractivity contribution is 0.0946. The number of benzene rings is 1. The minimum Gasteiger partial charge on any atom is -0.396 e. The van der Waals surface area contributed by atoms with Crippen molar-refractivity contribution < 1.29 is 9.18 Å². The molecule has 1 aliphatic rings. The molecule has 0 heterocycles. The lowest BCUT2D eigenvalue weighted by Crippen LogP contribution is -2.37. The van der Waals surface area contributed by atoms with Gasteiger partial charge in [-0.25, -0.2) is 4.39 Å². The Morgan fingerprint density at radius 1 is 1.48 bits per heavy atom. The number of anilines is 1. The third-order valence-electron chi connectivity index (χ3n) is 4.03. The summed E-state index contributed by atoms with van der Waals surface area (Å²) in [5.41, 5.74) is 5.84. The van der Waals surface area contributed by atoms with Crippen LogP contribution in [-0.4, -0.2) is 37.0 Å². The largest absolute Gasteiger partial charge is 0.396 e. The molecule has 0 saturated heterocycles. The molecule has 0 spiro atoms. The molecule has 1 fully saturated rings. The Morgan fingerprint density at radius 3 is 2.81 bits per heavy atom. The van der Waals surface area contributed by atoms with Gasteiger partial charge in [-0.05, 0) is 48.0 Å². The van der Waals surface area contributed by atoms with Gasteiger partial charge in [0.25, 0.3) is 5.91 Å². The van der Waals surface area contributed by atoms with E-state index in [1.807, 2.05) is 0 Å². The maximum atomic E-state index is 13.3. The summed E-state index contributed by atoms with van der Waals surface area (Å²) in [6.07, 6.45) is 5.07. The number of halogens is 2. The molecule has 1 aromatic rings. The highest BCUT2D eigenvalue weighted by atomic mass is 79.9. The summed E-state index contributed by atoms with van der Waals surface area (Å²) < 4.78 is 13.7. The number of likely N-dealkylation sites (N-methyl/N-ethyl adjacent to an activating group) is 1. The van der Waals surface area contributed by atoms with Crippen molar-refractivity contribution in [2.75, 3.05) is 25.9 Å². The molecule has 0 radical (unpaired) electrons. The lowest BCUT2D eigenvalue weighted by atomic mass is 10.2. The summed E-state index contributed by atoms with van der Waals surface area (Å²) >= 11 is 3.19. The number of amides is 1. The molecule has 21 heavy (non-hydrogen) atoms. The Bertz CT molecular complexity index is 518. The Hall–Kier alpha value is -1.14. The molecule has 0 bridgehead atoms. The van der Waals surface area contributed by atoms with E-state index in [1.165, 1.54) is 37.8 Å². The summed E-state index contributed by atoms with van der Waals surface area (Å²) in [7, 11) is 2.09. The van der Waals surface area contributed by atoms with Gasteiger partial charge in [0.05, 0.1) is 11.3 Å². The Morgan fingerprint density at radius 2 is 2.14 bits per heavy atom. The second kappa shape index (κ2) is 7.22. The van der Waals surface area contributed by atoms with E-state index in [4.69, 9.17) is 5.73 Å². The summed E-state index contributed by atoms with van der Waals surface area (Å²) in [4.78, 5) is 14.4. The predicted molar refractivity (Wildman–Crippen MR) is 85.7 cm³/mol. The fourth-order valence-corrected chi connectivity index (χ4v) is 3.20. The second-order valence-electron chi connectivity index (χ2n) is 5.53. The molecule has 3 N–H and O–H groups in total. The van der Waals surface area contributed by atoms with Crippen LogP contribution in [0.15, 0.2) is 16.6 Å². The van der Waals surface area contributed by atoms with Crippen LogP contribution in [0, 0.1) is 5.82 Å². The maximum absolute atomic E-state index is 13.3. The van der Waals surface area contributed by atoms with Crippen molar-refractivity contribution in [3.8, 4) is 0 Å². The van der Waals surface area contributed by atoms with Gasteiger partial charge < -0.3 is 16.0 Å². The van der Waals surface area contributed by atoms with Gasteiger partial charge in [0.1, 0.15) is 5.82 Å². The van der Waals surface area contributed by atoms with Crippen LogP contribution < -0.4 is 11.1 Å². The number of rotatable bonds is 5. The van der Waals surface area contributed by atoms with E-state index >= 15 is 0 Å². The first-order valence-electron chi connectivity index (χ1n) is 7.22. The van der Waals surface area contributed by atoms with E-state index in [0.717, 1.165) is 6.54 Å². The maximum Gasteiger partial charge on any atom is 0.252 e. The van der Waals surface area contributed by atoms with Gasteiger partial charge >= 0.3 is 0 Å². The molecule has 0 atom stereocenters. The van der Waals surface area contributed by atoms with Crippen molar-refractivity contribution in [2.45, 2.75) is 31.7 Å². The van der Waals surface area contributed by atoms with Crippen molar-refractivity contribution in [1.29, 1.82) is 0 Å². The number of carbonyl (C=O) groups is 1. The minimum atomic E-state index is -0.528. The molecule has 0 aliphatic heterocycles. The monoisotopic (exact) mass is 357 g/mol. The van der Waals surface area contributed by atoms with Crippen molar-refractivity contribution in [2.24, 2.45) is 0 Å². The quantitative estimate of drug-likeness (QED) is 0.796. The minimum absolute atomic E-state index is 0.0218. The highest BCUT2D eigenvalue weighted by Crippen LogP contribution is 2.23. The van der Waals surface area contributed by atoms with Crippen LogP contribution in [0.3, 0.4) is 0 Å². The van der Waals surface area contributed by atoms with Crippen molar-refractivity contribution >= 4 is 27.5 Å². The van der Waals surface area contributed by atoms with Crippen LogP contribution >= 0.6 is 15.9 Å². The predicted octanol–water partition coefficient (Wildman–Crippen LogP) is 2.77. The normalized spacial score (nSPS) is 15.6. The Labute approximate surface area is 133 Å². The van der Waals surface area contributed by atoms with Gasteiger partial charge in [-0.15, -0.1) is 0 Å². The third kappa shape index (κ3) is 4.17. The van der Waals surface area contributed by atoms with Crippen molar-refractivity contribution in [3.63, 3.8) is 0 Å². The number of hydrogen-bond donors (Lipinski definition) is 2. The van der Waals surface area contributed by atoms with E-state index in [-0.39, 0.29) is 11.6 Å². The van der Waals surface area contributed by atoms with Gasteiger partial charge in [0, 0.05) is 23.6 Å². The average Bonchev–Trinajstić information content (AvgIpc) is 2.96. The van der Waals surface area contributed by atoms with E-state index in [9.17, 15) is 9.18 Å². The molecule has 1 aromatic carbocycles. The third-order valence-corrected chi connectivity index (χ3v) is 4.69. The van der Waals surface area contributed by atoms with Gasteiger partial charge in [-0.2, -0.15) is 0 Å². The molecule has 4 nitrogen and oxygen atoms in total. The fourth-order valence-electron chi connectivity index (χ4n) is 2.71. The number of nitrogens with zero attached hydrogens (tertiary/aromatic N) is 1. The summed E-state index contributed by atoms with van der Waals surface area (Å²) in [5, 5.41) is 2.85. The second-order valence-corrected chi connectivity index (χ2v) is 6.38. The number of nitrogens with one attached hydrogen (secondary N) is 1. The Kier molecular flexibility index (Phi) is 5.58. The molecule has 0 aromatic heterocycles. The summed E-state index contributed by atoms with van der Waals surface area (Å²) in [6.45, 7) is 1.38. The van der Waals surface area contributed by atoms with Crippen LogP contribution in [0.5, 0.6) is 0 Å². The number of hydrogen-bond acceptors (Lipinski definition) is 3. The first-order valence-corrected chi connectivity index (χ1v) is 8.01. The zero-order valence-corrected chi connectivity index (χ0v) is 13.7. The summed E-state index contributed by atoms with van der Waals surface area (Å²) in [5.74, 6) is -0.771. The molecule has 6 heteroatoms. The summed E-state index contributed by atoms with van der Waals surface area (Å²) in [6, 6.07) is 3.21. The topological polar surface area (TPSA) is 58.4 Å². The zero-order chi connectivity index (χ0) is 15.4. The molecule has 2 rings (SSSR count). The number of nitrogens with two attached hydrogens (primary N) is 1. The first kappa shape index (κ1) is 16.2. The van der Waals surface area contributed by atoms with Gasteiger partial charge in [-0.1, -0.05) is 12.8 Å². The van der Waals surface area contributed by atoms with Crippen LogP contribution in [0.4, 0.5) is 10.1 Å². The smallest absolute Gasteiger partial charge is 0.252 e. The number of carbonyl (C=O) groups excluding carboxylic acids is 1. The standard InChI is InChI=1S/C15H21BrFN3O/c1-20(10-4-2-3-5-10)7-6-19-15(21)11-8-14(18)13(17)9-12(11)16/h8-10H,2-7,18H2,1H3,(H,19,21). The highest BCUT2D eigenvalue weighted by Gasteiger charge is 2.19.